The van der Waals surface area contributed by atoms with Crippen LogP contribution in [0.15, 0.2) is 52.4 Å². The van der Waals surface area contributed by atoms with Crippen molar-refractivity contribution in [2.24, 2.45) is 4.99 Å². The third-order valence-corrected chi connectivity index (χ3v) is 5.38. The first-order valence-corrected chi connectivity index (χ1v) is 10.2. The molecule has 0 spiro atoms. The zero-order valence-electron chi connectivity index (χ0n) is 16.3. The number of hydrogen-bond donors (Lipinski definition) is 3. The number of rotatable bonds is 3. The number of aliphatic hydroxyl groups excluding tert-OH is 1. The Kier molecular flexibility index (Phi) is 5.97. The van der Waals surface area contributed by atoms with E-state index < -0.39 is 17.7 Å². The van der Waals surface area contributed by atoms with Crippen molar-refractivity contribution in [1.82, 2.24) is 5.32 Å². The lowest BCUT2D eigenvalue weighted by molar-refractivity contribution is -0.0567. The van der Waals surface area contributed by atoms with Crippen molar-refractivity contribution >= 4 is 23.4 Å². The van der Waals surface area contributed by atoms with Gasteiger partial charge >= 0.3 is 0 Å². The van der Waals surface area contributed by atoms with Crippen LogP contribution in [0.4, 0.5) is 5.69 Å². The summed E-state index contributed by atoms with van der Waals surface area (Å²) < 4.78 is 5.91. The van der Waals surface area contributed by atoms with Gasteiger partial charge in [0, 0.05) is 16.1 Å². The number of hydrogen-bond acceptors (Lipinski definition) is 6. The number of benzene rings is 2. The van der Waals surface area contributed by atoms with E-state index >= 15 is 0 Å². The summed E-state index contributed by atoms with van der Waals surface area (Å²) in [5.41, 5.74) is 0.881. The minimum absolute atomic E-state index is 0.194. The van der Waals surface area contributed by atoms with Gasteiger partial charge in [0.25, 0.3) is 0 Å². The molecule has 7 nitrogen and oxygen atoms in total. The van der Waals surface area contributed by atoms with Crippen LogP contribution in [0.3, 0.4) is 0 Å². The smallest absolute Gasteiger partial charge is 0.209 e. The van der Waals surface area contributed by atoms with Crippen LogP contribution in [-0.2, 0) is 0 Å². The predicted octanol–water partition coefficient (Wildman–Crippen LogP) is 3.39. The van der Waals surface area contributed by atoms with E-state index in [0.717, 1.165) is 10.6 Å². The molecule has 148 valence electrons. The molecule has 3 rings (SSSR count). The summed E-state index contributed by atoms with van der Waals surface area (Å²) in [5, 5.41) is 34.9. The molecule has 1 aliphatic rings. The second kappa shape index (κ2) is 8.44. The number of nitrogens with zero attached hydrogens (tertiary/aromatic N) is 3. The van der Waals surface area contributed by atoms with Crippen molar-refractivity contribution in [1.29, 1.82) is 10.5 Å². The highest BCUT2D eigenvalue weighted by molar-refractivity contribution is 7.98. The van der Waals surface area contributed by atoms with Crippen LogP contribution in [0.2, 0.25) is 0 Å². The monoisotopic (exact) mass is 407 g/mol. The molecular formula is C21H21N5O2S. The van der Waals surface area contributed by atoms with Crippen LogP contribution >= 0.6 is 11.8 Å². The maximum absolute atomic E-state index is 10.9. The van der Waals surface area contributed by atoms with Gasteiger partial charge in [0.1, 0.15) is 23.5 Å². The fourth-order valence-electron chi connectivity index (χ4n) is 3.08. The molecule has 1 aliphatic heterocycles. The third kappa shape index (κ3) is 4.45. The molecule has 0 saturated heterocycles. The number of nitrogens with one attached hydrogen (secondary N) is 2. The highest BCUT2D eigenvalue weighted by atomic mass is 32.2. The zero-order valence-corrected chi connectivity index (χ0v) is 17.1. The standard InChI is InChI=1S/C21H21N5O2S/c1-21(2)19(27)18(16-10-13(11-22)4-9-17(16)28-21)26-20(24-12-23)25-14-5-7-15(29-3)8-6-14/h4-10,18-19,27H,1-3H3,(H2,24,25,26)/t18-,19+/m1/s1. The van der Waals surface area contributed by atoms with Crippen molar-refractivity contribution < 1.29 is 9.84 Å². The Labute approximate surface area is 174 Å². The molecule has 3 N–H and O–H groups in total. The van der Waals surface area contributed by atoms with Crippen LogP contribution in [0.1, 0.15) is 31.0 Å². The average molecular weight is 407 g/mol. The molecule has 0 aromatic heterocycles. The lowest BCUT2D eigenvalue weighted by Crippen LogP contribution is -2.49. The van der Waals surface area contributed by atoms with Crippen LogP contribution < -0.4 is 15.4 Å². The first-order valence-electron chi connectivity index (χ1n) is 8.93. The van der Waals surface area contributed by atoms with E-state index in [1.54, 1.807) is 43.8 Å². The van der Waals surface area contributed by atoms with Gasteiger partial charge in [-0.05, 0) is 62.6 Å². The number of aliphatic hydroxyl groups is 1. The van der Waals surface area contributed by atoms with E-state index in [1.165, 1.54) is 0 Å². The van der Waals surface area contributed by atoms with Crippen LogP contribution in [0.25, 0.3) is 0 Å². The molecule has 1 heterocycles. The molecular weight excluding hydrogens is 386 g/mol. The van der Waals surface area contributed by atoms with Gasteiger partial charge in [-0.3, -0.25) is 5.32 Å². The molecule has 0 amide bonds. The second-order valence-corrected chi connectivity index (χ2v) is 7.91. The second-order valence-electron chi connectivity index (χ2n) is 7.03. The van der Waals surface area contributed by atoms with Crippen LogP contribution in [0.5, 0.6) is 5.75 Å². The number of guanidine groups is 1. The minimum Gasteiger partial charge on any atom is -0.485 e. The van der Waals surface area contributed by atoms with E-state index in [9.17, 15) is 10.4 Å². The number of anilines is 1. The van der Waals surface area contributed by atoms with Crippen molar-refractivity contribution in [2.45, 2.75) is 36.5 Å². The van der Waals surface area contributed by atoms with Gasteiger partial charge in [0.15, 0.2) is 6.19 Å². The Hall–Kier alpha value is -3.20. The highest BCUT2D eigenvalue weighted by Crippen LogP contribution is 2.42. The lowest BCUT2D eigenvalue weighted by atomic mass is 9.86. The molecule has 0 saturated carbocycles. The van der Waals surface area contributed by atoms with Crippen LogP contribution in [0, 0.1) is 22.8 Å². The Morgan fingerprint density at radius 2 is 1.93 bits per heavy atom. The van der Waals surface area contributed by atoms with Crippen molar-refractivity contribution in [3.8, 4) is 18.0 Å². The van der Waals surface area contributed by atoms with E-state index in [2.05, 4.69) is 21.7 Å². The Bertz CT molecular complexity index is 1010. The number of fused-ring (bicyclic) bond motifs is 1. The lowest BCUT2D eigenvalue weighted by Gasteiger charge is -2.40. The maximum Gasteiger partial charge on any atom is 0.209 e. The van der Waals surface area contributed by atoms with Crippen molar-refractivity contribution in [3.05, 3.63) is 53.6 Å². The quantitative estimate of drug-likeness (QED) is 0.235. The molecule has 0 radical (unpaired) electrons. The molecule has 29 heavy (non-hydrogen) atoms. The topological polar surface area (TPSA) is 113 Å². The summed E-state index contributed by atoms with van der Waals surface area (Å²) in [6, 6.07) is 14.1. The Morgan fingerprint density at radius 3 is 2.55 bits per heavy atom. The molecule has 0 aliphatic carbocycles. The Morgan fingerprint density at radius 1 is 1.21 bits per heavy atom. The van der Waals surface area contributed by atoms with E-state index in [4.69, 9.17) is 10.00 Å². The van der Waals surface area contributed by atoms with Gasteiger partial charge < -0.3 is 15.2 Å². The summed E-state index contributed by atoms with van der Waals surface area (Å²) in [7, 11) is 0. The third-order valence-electron chi connectivity index (χ3n) is 4.64. The molecule has 2 atom stereocenters. The highest BCUT2D eigenvalue weighted by Gasteiger charge is 2.43. The van der Waals surface area contributed by atoms with Gasteiger partial charge in [-0.15, -0.1) is 11.8 Å². The number of aliphatic imine (C=N–C) groups is 1. The number of thioether (sulfide) groups is 1. The maximum atomic E-state index is 10.9. The molecule has 0 unspecified atom stereocenters. The summed E-state index contributed by atoms with van der Waals surface area (Å²) in [6.45, 7) is 3.54. The minimum atomic E-state index is -0.986. The van der Waals surface area contributed by atoms with Gasteiger partial charge in [-0.25, -0.2) is 4.99 Å². The summed E-state index contributed by atoms with van der Waals surface area (Å²) >= 11 is 1.63. The fraction of sp³-hybridized carbons (Fsp3) is 0.286. The van der Waals surface area contributed by atoms with Gasteiger partial charge in [-0.1, -0.05) is 0 Å². The Balaban J connectivity index is 2.01. The summed E-state index contributed by atoms with van der Waals surface area (Å²) in [4.78, 5) is 5.70. The van der Waals surface area contributed by atoms with Crippen molar-refractivity contribution in [3.63, 3.8) is 0 Å². The largest absolute Gasteiger partial charge is 0.485 e. The number of nitriles is 2. The summed E-state index contributed by atoms with van der Waals surface area (Å²) in [6.07, 6.45) is 2.88. The fourth-order valence-corrected chi connectivity index (χ4v) is 3.48. The van der Waals surface area contributed by atoms with E-state index in [-0.39, 0.29) is 5.96 Å². The summed E-state index contributed by atoms with van der Waals surface area (Å²) in [5.74, 6) is 0.744. The molecule has 2 aromatic rings. The molecule has 0 bridgehead atoms. The first kappa shape index (κ1) is 20.5. The van der Waals surface area contributed by atoms with Gasteiger partial charge in [-0.2, -0.15) is 10.5 Å². The first-order chi connectivity index (χ1) is 13.9. The zero-order chi connectivity index (χ0) is 21.0. The van der Waals surface area contributed by atoms with E-state index in [0.29, 0.717) is 16.9 Å². The molecule has 0 fully saturated rings. The van der Waals surface area contributed by atoms with Crippen LogP contribution in [-0.4, -0.2) is 29.0 Å². The SMILES string of the molecule is CSc1ccc(NC(=N[C@@H]2c3cc(C#N)ccc3OC(C)(C)[C@H]2O)NC#N)cc1. The predicted molar refractivity (Wildman–Crippen MR) is 113 cm³/mol. The van der Waals surface area contributed by atoms with Gasteiger partial charge in [0.2, 0.25) is 5.96 Å². The molecule has 8 heteroatoms. The molecule has 2 aromatic carbocycles. The van der Waals surface area contributed by atoms with E-state index in [1.807, 2.05) is 36.7 Å². The normalized spacial score (nSPS) is 19.9. The average Bonchev–Trinajstić information content (AvgIpc) is 2.71. The number of ether oxygens (including phenoxy) is 1. The van der Waals surface area contributed by atoms with Crippen molar-refractivity contribution in [2.75, 3.05) is 11.6 Å². The van der Waals surface area contributed by atoms with Gasteiger partial charge in [0.05, 0.1) is 11.6 Å².